The van der Waals surface area contributed by atoms with Gasteiger partial charge in [-0.25, -0.2) is 0 Å². The quantitative estimate of drug-likeness (QED) is 0.802. The second kappa shape index (κ2) is 5.17. The Hall–Kier alpha value is -2.24. The highest BCUT2D eigenvalue weighted by Crippen LogP contribution is 2.34. The van der Waals surface area contributed by atoms with E-state index in [1.807, 2.05) is 6.07 Å². The van der Waals surface area contributed by atoms with Gasteiger partial charge in [-0.3, -0.25) is 9.59 Å². The van der Waals surface area contributed by atoms with Crippen molar-refractivity contribution in [1.29, 1.82) is 0 Å². The summed E-state index contributed by atoms with van der Waals surface area (Å²) in [6.07, 6.45) is 0. The Morgan fingerprint density at radius 1 is 1.26 bits per heavy atom. The molecule has 6 heteroatoms. The van der Waals surface area contributed by atoms with E-state index in [0.29, 0.717) is 11.5 Å². The summed E-state index contributed by atoms with van der Waals surface area (Å²) in [7, 11) is 0. The minimum atomic E-state index is -1.14. The molecule has 0 bridgehead atoms. The Morgan fingerprint density at radius 3 is 2.63 bits per heavy atom. The third-order valence-corrected chi connectivity index (χ3v) is 3.02. The molecule has 19 heavy (non-hydrogen) atoms. The Labute approximate surface area is 110 Å². The third kappa shape index (κ3) is 2.78. The van der Waals surface area contributed by atoms with Gasteiger partial charge in [0.2, 0.25) is 12.7 Å². The lowest BCUT2D eigenvalue weighted by molar-refractivity contribution is -0.146. The topological polar surface area (TPSA) is 84.9 Å². The first-order valence-electron chi connectivity index (χ1n) is 5.91. The van der Waals surface area contributed by atoms with Crippen molar-refractivity contribution in [2.24, 2.45) is 5.92 Å². The van der Waals surface area contributed by atoms with Crippen LogP contribution in [0, 0.1) is 5.92 Å². The average Bonchev–Trinajstić information content (AvgIpc) is 2.84. The van der Waals surface area contributed by atoms with Gasteiger partial charge in [-0.05, 0) is 31.5 Å². The highest BCUT2D eigenvalue weighted by molar-refractivity contribution is 5.96. The maximum absolute atomic E-state index is 11.7. The smallest absolute Gasteiger partial charge is 0.315 e. The van der Waals surface area contributed by atoms with Gasteiger partial charge in [0.25, 0.3) is 0 Å². The minimum Gasteiger partial charge on any atom is -0.481 e. The van der Waals surface area contributed by atoms with E-state index in [2.05, 4.69) is 5.32 Å². The average molecular weight is 265 g/mol. The number of fused-ring (bicyclic) bond motifs is 1. The molecule has 2 unspecified atom stereocenters. The molecule has 0 saturated carbocycles. The van der Waals surface area contributed by atoms with Crippen LogP contribution in [0.1, 0.15) is 25.5 Å². The van der Waals surface area contributed by atoms with Crippen LogP contribution in [0.3, 0.4) is 0 Å². The van der Waals surface area contributed by atoms with Crippen LogP contribution in [0.2, 0.25) is 0 Å². The molecular formula is C13H15NO5. The number of carbonyl (C=O) groups excluding carboxylic acids is 1. The van der Waals surface area contributed by atoms with Crippen LogP contribution < -0.4 is 14.8 Å². The molecule has 0 aromatic heterocycles. The Balaban J connectivity index is 2.06. The van der Waals surface area contributed by atoms with Crippen LogP contribution >= 0.6 is 0 Å². The van der Waals surface area contributed by atoms with Crippen molar-refractivity contribution in [2.75, 3.05) is 6.79 Å². The fourth-order valence-corrected chi connectivity index (χ4v) is 1.72. The van der Waals surface area contributed by atoms with Gasteiger partial charge in [-0.2, -0.15) is 0 Å². The highest BCUT2D eigenvalue weighted by Gasteiger charge is 2.23. The van der Waals surface area contributed by atoms with E-state index in [1.165, 1.54) is 6.92 Å². The molecule has 2 rings (SSSR count). The standard InChI is InChI=1S/C13H15NO5/c1-7(13(16)17)12(15)14-8(2)9-3-4-10-11(5-9)19-6-18-10/h3-5,7-8H,6H2,1-2H3,(H,14,15)(H,16,17). The van der Waals surface area contributed by atoms with Crippen LogP contribution in [-0.4, -0.2) is 23.8 Å². The third-order valence-electron chi connectivity index (χ3n) is 3.02. The van der Waals surface area contributed by atoms with E-state index in [9.17, 15) is 9.59 Å². The predicted molar refractivity (Wildman–Crippen MR) is 65.9 cm³/mol. The molecule has 1 aromatic rings. The number of hydrogen-bond donors (Lipinski definition) is 2. The fourth-order valence-electron chi connectivity index (χ4n) is 1.72. The zero-order valence-corrected chi connectivity index (χ0v) is 10.7. The molecule has 1 aromatic carbocycles. The maximum Gasteiger partial charge on any atom is 0.315 e. The number of benzene rings is 1. The number of aliphatic carboxylic acids is 1. The van der Waals surface area contributed by atoms with Gasteiger partial charge in [0.15, 0.2) is 11.5 Å². The maximum atomic E-state index is 11.7. The van der Waals surface area contributed by atoms with Gasteiger partial charge >= 0.3 is 5.97 Å². The molecule has 102 valence electrons. The highest BCUT2D eigenvalue weighted by atomic mass is 16.7. The summed E-state index contributed by atoms with van der Waals surface area (Å²) >= 11 is 0. The molecule has 1 aliphatic heterocycles. The molecule has 1 amide bonds. The number of carbonyl (C=O) groups is 2. The first-order chi connectivity index (χ1) is 8.99. The Morgan fingerprint density at radius 2 is 1.95 bits per heavy atom. The van der Waals surface area contributed by atoms with E-state index in [1.54, 1.807) is 19.1 Å². The normalized spacial score (nSPS) is 15.7. The summed E-state index contributed by atoms with van der Waals surface area (Å²) < 4.78 is 10.4. The van der Waals surface area contributed by atoms with Gasteiger partial charge in [0.05, 0.1) is 6.04 Å². The molecule has 1 heterocycles. The van der Waals surface area contributed by atoms with E-state index in [-0.39, 0.29) is 12.8 Å². The lowest BCUT2D eigenvalue weighted by atomic mass is 10.1. The van der Waals surface area contributed by atoms with Gasteiger partial charge in [-0.15, -0.1) is 0 Å². The number of carboxylic acids is 1. The molecule has 0 spiro atoms. The van der Waals surface area contributed by atoms with Crippen molar-refractivity contribution in [2.45, 2.75) is 19.9 Å². The number of amides is 1. The first-order valence-corrected chi connectivity index (χ1v) is 5.91. The zero-order valence-electron chi connectivity index (χ0n) is 10.7. The van der Waals surface area contributed by atoms with Crippen molar-refractivity contribution in [3.63, 3.8) is 0 Å². The van der Waals surface area contributed by atoms with E-state index in [0.717, 1.165) is 5.56 Å². The minimum absolute atomic E-state index is 0.190. The van der Waals surface area contributed by atoms with E-state index >= 15 is 0 Å². The van der Waals surface area contributed by atoms with Crippen molar-refractivity contribution >= 4 is 11.9 Å². The summed E-state index contributed by atoms with van der Waals surface area (Å²) in [5, 5.41) is 11.4. The predicted octanol–water partition coefficient (Wildman–Crippen LogP) is 1.31. The monoisotopic (exact) mass is 265 g/mol. The second-order valence-corrected chi connectivity index (χ2v) is 4.40. The molecule has 0 aliphatic carbocycles. The SMILES string of the molecule is CC(C(=O)O)C(=O)NC(C)c1ccc2c(c1)OCO2. The van der Waals surface area contributed by atoms with E-state index in [4.69, 9.17) is 14.6 Å². The van der Waals surface area contributed by atoms with Gasteiger partial charge < -0.3 is 19.9 Å². The lowest BCUT2D eigenvalue weighted by Crippen LogP contribution is -2.35. The molecule has 6 nitrogen and oxygen atoms in total. The van der Waals surface area contributed by atoms with Crippen LogP contribution in [-0.2, 0) is 9.59 Å². The van der Waals surface area contributed by atoms with Gasteiger partial charge in [0, 0.05) is 0 Å². The van der Waals surface area contributed by atoms with Gasteiger partial charge in [-0.1, -0.05) is 6.07 Å². The molecule has 2 N–H and O–H groups in total. The molecule has 0 saturated heterocycles. The van der Waals surface area contributed by atoms with Crippen molar-refractivity contribution < 1.29 is 24.2 Å². The number of carboxylic acid groups (broad SMARTS) is 1. The van der Waals surface area contributed by atoms with Crippen LogP contribution in [0.15, 0.2) is 18.2 Å². The zero-order chi connectivity index (χ0) is 14.0. The Kier molecular flexibility index (Phi) is 3.59. The summed E-state index contributed by atoms with van der Waals surface area (Å²) in [5.41, 5.74) is 0.829. The summed E-state index contributed by atoms with van der Waals surface area (Å²) in [6, 6.07) is 5.05. The number of hydrogen-bond acceptors (Lipinski definition) is 4. The molecule has 2 atom stereocenters. The van der Waals surface area contributed by atoms with Gasteiger partial charge in [0.1, 0.15) is 5.92 Å². The van der Waals surface area contributed by atoms with Crippen molar-refractivity contribution in [3.05, 3.63) is 23.8 Å². The first kappa shape index (κ1) is 13.2. The largest absolute Gasteiger partial charge is 0.481 e. The second-order valence-electron chi connectivity index (χ2n) is 4.40. The van der Waals surface area contributed by atoms with E-state index < -0.39 is 17.8 Å². The van der Waals surface area contributed by atoms with Crippen LogP contribution in [0.5, 0.6) is 11.5 Å². The summed E-state index contributed by atoms with van der Waals surface area (Å²) in [6.45, 7) is 3.32. The molecule has 1 aliphatic rings. The number of ether oxygens (including phenoxy) is 2. The Bertz CT molecular complexity index is 514. The summed E-state index contributed by atoms with van der Waals surface area (Å²) in [4.78, 5) is 22.4. The lowest BCUT2D eigenvalue weighted by Gasteiger charge is -2.16. The number of rotatable bonds is 4. The molecule has 0 radical (unpaired) electrons. The van der Waals surface area contributed by atoms with Crippen LogP contribution in [0.4, 0.5) is 0 Å². The number of nitrogens with one attached hydrogen (secondary N) is 1. The molecular weight excluding hydrogens is 250 g/mol. The fraction of sp³-hybridized carbons (Fsp3) is 0.385. The van der Waals surface area contributed by atoms with Crippen molar-refractivity contribution in [1.82, 2.24) is 5.32 Å². The summed E-state index contributed by atoms with van der Waals surface area (Å²) in [5.74, 6) is -1.43. The van der Waals surface area contributed by atoms with Crippen molar-refractivity contribution in [3.8, 4) is 11.5 Å². The van der Waals surface area contributed by atoms with Crippen LogP contribution in [0.25, 0.3) is 0 Å². The molecule has 0 fully saturated rings.